The molecule has 1 aromatic rings. The van der Waals surface area contributed by atoms with Crippen molar-refractivity contribution < 1.29 is 14.7 Å². The highest BCUT2D eigenvalue weighted by molar-refractivity contribution is 14.1. The van der Waals surface area contributed by atoms with Crippen LogP contribution in [0.5, 0.6) is 0 Å². The normalized spacial score (nSPS) is 10.2. The van der Waals surface area contributed by atoms with Crippen LogP contribution >= 0.6 is 22.6 Å². The summed E-state index contributed by atoms with van der Waals surface area (Å²) in [5.74, 6) is -1.29. The van der Waals surface area contributed by atoms with Gasteiger partial charge >= 0.3 is 11.8 Å². The molecule has 0 radical (unpaired) electrons. The van der Waals surface area contributed by atoms with Gasteiger partial charge in [-0.2, -0.15) is 0 Å². The smallest absolute Gasteiger partial charge is 0.313 e. The summed E-state index contributed by atoms with van der Waals surface area (Å²) < 4.78 is 1.08. The molecule has 5 nitrogen and oxygen atoms in total. The average molecular weight is 390 g/mol. The van der Waals surface area contributed by atoms with Crippen LogP contribution < -0.4 is 10.6 Å². The van der Waals surface area contributed by atoms with Crippen molar-refractivity contribution in [3.63, 3.8) is 0 Å². The zero-order valence-corrected chi connectivity index (χ0v) is 13.6. The van der Waals surface area contributed by atoms with Crippen LogP contribution in [0.4, 0.5) is 5.69 Å². The fourth-order valence-electron chi connectivity index (χ4n) is 1.64. The molecular weight excluding hydrogens is 371 g/mol. The summed E-state index contributed by atoms with van der Waals surface area (Å²) in [5.41, 5.74) is 1.56. The zero-order valence-electron chi connectivity index (χ0n) is 11.4. The molecule has 20 heavy (non-hydrogen) atoms. The molecule has 0 heterocycles. The van der Waals surface area contributed by atoms with E-state index in [9.17, 15) is 9.59 Å². The largest absolute Gasteiger partial charge is 0.396 e. The van der Waals surface area contributed by atoms with Gasteiger partial charge in [0.1, 0.15) is 0 Å². The van der Waals surface area contributed by atoms with E-state index >= 15 is 0 Å². The number of rotatable bonds is 6. The van der Waals surface area contributed by atoms with E-state index in [2.05, 4.69) is 33.2 Å². The molecule has 0 unspecified atom stereocenters. The van der Waals surface area contributed by atoms with Crippen LogP contribution in [-0.4, -0.2) is 30.1 Å². The number of aryl methyl sites for hydroxylation is 1. The highest BCUT2D eigenvalue weighted by atomic mass is 127. The first-order valence-corrected chi connectivity index (χ1v) is 7.58. The highest BCUT2D eigenvalue weighted by Gasteiger charge is 2.13. The Labute approximate surface area is 132 Å². The summed E-state index contributed by atoms with van der Waals surface area (Å²) in [6.07, 6.45) is 2.29. The van der Waals surface area contributed by atoms with Gasteiger partial charge in [0.15, 0.2) is 0 Å². The Balaban J connectivity index is 2.39. The maximum atomic E-state index is 11.7. The van der Waals surface area contributed by atoms with Gasteiger partial charge < -0.3 is 15.7 Å². The molecule has 1 aromatic carbocycles. The van der Waals surface area contributed by atoms with Gasteiger partial charge in [0.2, 0.25) is 0 Å². The van der Waals surface area contributed by atoms with Crippen molar-refractivity contribution in [3.8, 4) is 0 Å². The lowest BCUT2D eigenvalue weighted by molar-refractivity contribution is -0.136. The Bertz CT molecular complexity index is 477. The van der Waals surface area contributed by atoms with Crippen LogP contribution in [0.15, 0.2) is 18.2 Å². The standard InChI is InChI=1S/C14H19IN2O3/c1-10-9-11(15)5-6-12(10)17-14(20)13(19)16-7-3-2-4-8-18/h5-6,9,18H,2-4,7-8H2,1H3,(H,16,19)(H,17,20). The number of aliphatic hydroxyl groups excluding tert-OH is 1. The Morgan fingerprint density at radius 2 is 1.95 bits per heavy atom. The van der Waals surface area contributed by atoms with Crippen LogP contribution in [0.25, 0.3) is 0 Å². The number of aliphatic hydroxyl groups is 1. The summed E-state index contributed by atoms with van der Waals surface area (Å²) in [4.78, 5) is 23.3. The molecule has 0 aliphatic carbocycles. The Morgan fingerprint density at radius 3 is 2.60 bits per heavy atom. The number of carbonyl (C=O) groups excluding carboxylic acids is 2. The molecule has 0 aliphatic rings. The Kier molecular flexibility index (Phi) is 7.53. The van der Waals surface area contributed by atoms with Gasteiger partial charge in [-0.15, -0.1) is 0 Å². The van der Waals surface area contributed by atoms with Crippen LogP contribution in [0, 0.1) is 10.5 Å². The maximum absolute atomic E-state index is 11.7. The average Bonchev–Trinajstić information content (AvgIpc) is 2.41. The Hall–Kier alpha value is -1.15. The number of unbranched alkanes of at least 4 members (excludes halogenated alkanes) is 2. The summed E-state index contributed by atoms with van der Waals surface area (Å²) in [6.45, 7) is 2.48. The van der Waals surface area contributed by atoms with Gasteiger partial charge in [-0.3, -0.25) is 9.59 Å². The van der Waals surface area contributed by atoms with Crippen molar-refractivity contribution in [1.82, 2.24) is 5.32 Å². The maximum Gasteiger partial charge on any atom is 0.313 e. The van der Waals surface area contributed by atoms with Crippen molar-refractivity contribution in [2.24, 2.45) is 0 Å². The van der Waals surface area contributed by atoms with Crippen LogP contribution in [0.3, 0.4) is 0 Å². The molecule has 0 aliphatic heterocycles. The molecule has 0 fully saturated rings. The molecular formula is C14H19IN2O3. The molecule has 0 saturated carbocycles. The first-order valence-electron chi connectivity index (χ1n) is 6.51. The molecule has 6 heteroatoms. The molecule has 0 spiro atoms. The molecule has 0 aromatic heterocycles. The molecule has 0 atom stereocenters. The number of halogens is 1. The lowest BCUT2D eigenvalue weighted by atomic mass is 10.2. The first kappa shape index (κ1) is 16.9. The zero-order chi connectivity index (χ0) is 15.0. The van der Waals surface area contributed by atoms with E-state index in [1.807, 2.05) is 19.1 Å². The van der Waals surface area contributed by atoms with Crippen molar-refractivity contribution >= 4 is 40.1 Å². The van der Waals surface area contributed by atoms with Crippen molar-refractivity contribution in [3.05, 3.63) is 27.3 Å². The van der Waals surface area contributed by atoms with Crippen LogP contribution in [-0.2, 0) is 9.59 Å². The van der Waals surface area contributed by atoms with E-state index in [0.29, 0.717) is 18.7 Å². The lowest BCUT2D eigenvalue weighted by Crippen LogP contribution is -2.36. The predicted octanol–water partition coefficient (Wildman–Crippen LogP) is 1.82. The SMILES string of the molecule is Cc1cc(I)ccc1NC(=O)C(=O)NCCCCCO. The van der Waals surface area contributed by atoms with Crippen molar-refractivity contribution in [2.75, 3.05) is 18.5 Å². The fourth-order valence-corrected chi connectivity index (χ4v) is 2.29. The minimum absolute atomic E-state index is 0.153. The molecule has 3 N–H and O–H groups in total. The minimum Gasteiger partial charge on any atom is -0.396 e. The van der Waals surface area contributed by atoms with Gasteiger partial charge in [-0.25, -0.2) is 0 Å². The molecule has 110 valence electrons. The Morgan fingerprint density at radius 1 is 1.20 bits per heavy atom. The third-order valence-corrected chi connectivity index (χ3v) is 3.43. The third-order valence-electron chi connectivity index (χ3n) is 2.76. The number of carbonyl (C=O) groups is 2. The number of anilines is 1. The second-order valence-electron chi connectivity index (χ2n) is 4.45. The summed E-state index contributed by atoms with van der Waals surface area (Å²) in [5, 5.41) is 13.8. The number of amides is 2. The van der Waals surface area contributed by atoms with Crippen LogP contribution in [0.1, 0.15) is 24.8 Å². The van der Waals surface area contributed by atoms with Gasteiger partial charge in [0.25, 0.3) is 0 Å². The summed E-state index contributed by atoms with van der Waals surface area (Å²) in [7, 11) is 0. The second-order valence-corrected chi connectivity index (χ2v) is 5.70. The number of benzene rings is 1. The topological polar surface area (TPSA) is 78.4 Å². The fraction of sp³-hybridized carbons (Fsp3) is 0.429. The predicted molar refractivity (Wildman–Crippen MR) is 86.5 cm³/mol. The van der Waals surface area contributed by atoms with Crippen molar-refractivity contribution in [2.45, 2.75) is 26.2 Å². The highest BCUT2D eigenvalue weighted by Crippen LogP contribution is 2.17. The van der Waals surface area contributed by atoms with Gasteiger partial charge in [-0.05, 0) is 72.5 Å². The van der Waals surface area contributed by atoms with E-state index in [-0.39, 0.29) is 6.61 Å². The number of hydrogen-bond acceptors (Lipinski definition) is 3. The quantitative estimate of drug-likeness (QED) is 0.394. The summed E-state index contributed by atoms with van der Waals surface area (Å²) in [6, 6.07) is 5.59. The van der Waals surface area contributed by atoms with E-state index < -0.39 is 11.8 Å². The van der Waals surface area contributed by atoms with Gasteiger partial charge in [0.05, 0.1) is 0 Å². The van der Waals surface area contributed by atoms with E-state index in [4.69, 9.17) is 5.11 Å². The van der Waals surface area contributed by atoms with E-state index in [0.717, 1.165) is 22.0 Å². The second kappa shape index (κ2) is 8.91. The summed E-state index contributed by atoms with van der Waals surface area (Å²) >= 11 is 2.19. The first-order chi connectivity index (χ1) is 9.54. The lowest BCUT2D eigenvalue weighted by Gasteiger charge is -2.09. The third kappa shape index (κ3) is 5.87. The molecule has 0 bridgehead atoms. The van der Waals surface area contributed by atoms with E-state index in [1.165, 1.54) is 0 Å². The van der Waals surface area contributed by atoms with Gasteiger partial charge in [-0.1, -0.05) is 0 Å². The number of nitrogens with one attached hydrogen (secondary N) is 2. The van der Waals surface area contributed by atoms with E-state index in [1.54, 1.807) is 6.07 Å². The van der Waals surface area contributed by atoms with Gasteiger partial charge in [0, 0.05) is 22.4 Å². The van der Waals surface area contributed by atoms with Crippen LogP contribution in [0.2, 0.25) is 0 Å². The monoisotopic (exact) mass is 390 g/mol. The minimum atomic E-state index is -0.656. The van der Waals surface area contributed by atoms with Crippen molar-refractivity contribution in [1.29, 1.82) is 0 Å². The molecule has 1 rings (SSSR count). The molecule has 0 saturated heterocycles. The number of hydrogen-bond donors (Lipinski definition) is 3. The molecule has 2 amide bonds.